The summed E-state index contributed by atoms with van der Waals surface area (Å²) >= 11 is 0. The minimum absolute atomic E-state index is 0.0790. The van der Waals surface area contributed by atoms with Crippen molar-refractivity contribution < 1.29 is 26.3 Å². The highest BCUT2D eigenvalue weighted by Crippen LogP contribution is 2.19. The number of ether oxygens (including phenoxy) is 1. The molecule has 0 aromatic heterocycles. The minimum atomic E-state index is -4.43. The third-order valence-corrected chi connectivity index (χ3v) is 2.48. The van der Waals surface area contributed by atoms with Crippen molar-refractivity contribution in [2.45, 2.75) is 11.1 Å². The van der Waals surface area contributed by atoms with Gasteiger partial charge in [0.25, 0.3) is 0 Å². The fourth-order valence-electron chi connectivity index (χ4n) is 0.891. The number of hydrogen-bond acceptors (Lipinski definition) is 3. The molecule has 8 heteroatoms. The van der Waals surface area contributed by atoms with E-state index in [0.717, 1.165) is 24.3 Å². The molecule has 0 radical (unpaired) electrons. The van der Waals surface area contributed by atoms with Gasteiger partial charge >= 0.3 is 6.18 Å². The number of sulfonamides is 1. The van der Waals surface area contributed by atoms with E-state index in [-0.39, 0.29) is 10.6 Å². The molecule has 2 N–H and O–H groups in total. The second-order valence-corrected chi connectivity index (χ2v) is 4.48. The van der Waals surface area contributed by atoms with Crippen LogP contribution in [0, 0.1) is 0 Å². The molecule has 0 unspecified atom stereocenters. The van der Waals surface area contributed by atoms with Gasteiger partial charge in [-0.3, -0.25) is 0 Å². The maximum atomic E-state index is 11.8. The number of halogens is 3. The Balaban J connectivity index is 2.73. The lowest BCUT2D eigenvalue weighted by atomic mass is 10.3. The Morgan fingerprint density at radius 2 is 1.69 bits per heavy atom. The van der Waals surface area contributed by atoms with Crippen molar-refractivity contribution in [3.8, 4) is 5.75 Å². The molecule has 0 bridgehead atoms. The van der Waals surface area contributed by atoms with Gasteiger partial charge in [0, 0.05) is 0 Å². The first-order valence-corrected chi connectivity index (χ1v) is 5.55. The third kappa shape index (κ3) is 4.07. The van der Waals surface area contributed by atoms with E-state index < -0.39 is 22.8 Å². The summed E-state index contributed by atoms with van der Waals surface area (Å²) in [7, 11) is -3.84. The zero-order valence-electron chi connectivity index (χ0n) is 7.86. The van der Waals surface area contributed by atoms with Crippen molar-refractivity contribution >= 4 is 10.0 Å². The normalized spacial score (nSPS) is 12.5. The van der Waals surface area contributed by atoms with Gasteiger partial charge in [0.2, 0.25) is 10.0 Å². The van der Waals surface area contributed by atoms with E-state index in [1.54, 1.807) is 0 Å². The molecule has 0 spiro atoms. The standard InChI is InChI=1S/C8H8F3NO3S/c9-8(10,11)5-15-6-1-3-7(4-2-6)16(12,13)14/h1-4H,5H2,(H2,12,13,14). The van der Waals surface area contributed by atoms with E-state index in [1.807, 2.05) is 0 Å². The SMILES string of the molecule is NS(=O)(=O)c1ccc(OCC(F)(F)F)cc1. The topological polar surface area (TPSA) is 69.4 Å². The smallest absolute Gasteiger partial charge is 0.422 e. The van der Waals surface area contributed by atoms with E-state index in [2.05, 4.69) is 4.74 Å². The van der Waals surface area contributed by atoms with Gasteiger partial charge in [0.1, 0.15) is 5.75 Å². The van der Waals surface area contributed by atoms with Gasteiger partial charge in [0.15, 0.2) is 6.61 Å². The van der Waals surface area contributed by atoms with Crippen LogP contribution < -0.4 is 9.88 Å². The average molecular weight is 255 g/mol. The van der Waals surface area contributed by atoms with Crippen LogP contribution in [0.15, 0.2) is 29.2 Å². The zero-order chi connectivity index (χ0) is 12.4. The molecule has 0 aliphatic rings. The molecule has 4 nitrogen and oxygen atoms in total. The molecule has 0 amide bonds. The molecule has 0 atom stereocenters. The highest BCUT2D eigenvalue weighted by molar-refractivity contribution is 7.89. The van der Waals surface area contributed by atoms with Crippen LogP contribution in [0.4, 0.5) is 13.2 Å². The van der Waals surface area contributed by atoms with Crippen LogP contribution >= 0.6 is 0 Å². The molecular weight excluding hydrogens is 247 g/mol. The Hall–Kier alpha value is -1.28. The van der Waals surface area contributed by atoms with Crippen molar-refractivity contribution in [3.05, 3.63) is 24.3 Å². The molecule has 1 aromatic rings. The summed E-state index contributed by atoms with van der Waals surface area (Å²) in [5.74, 6) is -0.0790. The predicted octanol–water partition coefficient (Wildman–Crippen LogP) is 1.28. The Kier molecular flexibility index (Phi) is 3.44. The fourth-order valence-corrected chi connectivity index (χ4v) is 1.41. The van der Waals surface area contributed by atoms with E-state index >= 15 is 0 Å². The van der Waals surface area contributed by atoms with Crippen LogP contribution in [-0.2, 0) is 10.0 Å². The summed E-state index contributed by atoms with van der Waals surface area (Å²) < 4.78 is 61.3. The molecule has 0 aliphatic carbocycles. The number of benzene rings is 1. The minimum Gasteiger partial charge on any atom is -0.484 e. The van der Waals surface area contributed by atoms with Gasteiger partial charge in [-0.1, -0.05) is 0 Å². The first kappa shape index (κ1) is 12.8. The van der Waals surface area contributed by atoms with Gasteiger partial charge in [-0.15, -0.1) is 0 Å². The predicted molar refractivity (Wildman–Crippen MR) is 49.4 cm³/mol. The maximum Gasteiger partial charge on any atom is 0.422 e. The summed E-state index contributed by atoms with van der Waals surface area (Å²) in [5.41, 5.74) is 0. The van der Waals surface area contributed by atoms with Crippen molar-refractivity contribution in [2.24, 2.45) is 5.14 Å². The molecule has 0 saturated heterocycles. The van der Waals surface area contributed by atoms with Crippen LogP contribution in [0.25, 0.3) is 0 Å². The van der Waals surface area contributed by atoms with Crippen LogP contribution in [-0.4, -0.2) is 21.2 Å². The number of hydrogen-bond donors (Lipinski definition) is 1. The Morgan fingerprint density at radius 1 is 1.19 bits per heavy atom. The lowest BCUT2D eigenvalue weighted by Crippen LogP contribution is -2.19. The molecule has 1 aromatic carbocycles. The Labute approximate surface area is 89.9 Å². The van der Waals surface area contributed by atoms with Crippen LogP contribution in [0.1, 0.15) is 0 Å². The highest BCUT2D eigenvalue weighted by Gasteiger charge is 2.28. The average Bonchev–Trinajstić information content (AvgIpc) is 2.13. The maximum absolute atomic E-state index is 11.8. The second-order valence-electron chi connectivity index (χ2n) is 2.92. The molecule has 0 aliphatic heterocycles. The molecule has 0 fully saturated rings. The van der Waals surface area contributed by atoms with E-state index in [4.69, 9.17) is 5.14 Å². The first-order chi connectivity index (χ1) is 7.18. The van der Waals surface area contributed by atoms with E-state index in [0.29, 0.717) is 0 Å². The van der Waals surface area contributed by atoms with E-state index in [9.17, 15) is 21.6 Å². The van der Waals surface area contributed by atoms with E-state index in [1.165, 1.54) is 0 Å². The first-order valence-electron chi connectivity index (χ1n) is 4.01. The third-order valence-electron chi connectivity index (χ3n) is 1.55. The Morgan fingerprint density at radius 3 is 2.06 bits per heavy atom. The molecule has 1 rings (SSSR count). The summed E-state index contributed by atoms with van der Waals surface area (Å²) in [4.78, 5) is -0.188. The van der Waals surface area contributed by atoms with Crippen LogP contribution in [0.3, 0.4) is 0 Å². The highest BCUT2D eigenvalue weighted by atomic mass is 32.2. The number of rotatable bonds is 3. The van der Waals surface area contributed by atoms with Crippen molar-refractivity contribution in [1.29, 1.82) is 0 Å². The molecule has 90 valence electrons. The molecule has 0 heterocycles. The number of primary sulfonamides is 1. The number of alkyl halides is 3. The number of nitrogens with two attached hydrogens (primary N) is 1. The summed E-state index contributed by atoms with van der Waals surface area (Å²) in [5, 5.41) is 4.80. The quantitative estimate of drug-likeness (QED) is 0.884. The van der Waals surface area contributed by atoms with Crippen LogP contribution in [0.2, 0.25) is 0 Å². The van der Waals surface area contributed by atoms with Gasteiger partial charge in [-0.25, -0.2) is 13.6 Å². The summed E-state index contributed by atoms with van der Waals surface area (Å²) in [6, 6.07) is 4.35. The summed E-state index contributed by atoms with van der Waals surface area (Å²) in [6.07, 6.45) is -4.43. The zero-order valence-corrected chi connectivity index (χ0v) is 8.68. The largest absolute Gasteiger partial charge is 0.484 e. The van der Waals surface area contributed by atoms with Crippen molar-refractivity contribution in [1.82, 2.24) is 0 Å². The molecule has 16 heavy (non-hydrogen) atoms. The van der Waals surface area contributed by atoms with Crippen molar-refractivity contribution in [2.75, 3.05) is 6.61 Å². The lowest BCUT2D eigenvalue weighted by Gasteiger charge is -2.09. The van der Waals surface area contributed by atoms with Crippen LogP contribution in [0.5, 0.6) is 5.75 Å². The molecular formula is C8H8F3NO3S. The van der Waals surface area contributed by atoms with Gasteiger partial charge in [-0.2, -0.15) is 13.2 Å². The van der Waals surface area contributed by atoms with Gasteiger partial charge < -0.3 is 4.74 Å². The van der Waals surface area contributed by atoms with Gasteiger partial charge in [-0.05, 0) is 24.3 Å². The Bertz CT molecular complexity index is 452. The second kappa shape index (κ2) is 4.30. The molecule has 0 saturated carbocycles. The summed E-state index contributed by atoms with van der Waals surface area (Å²) in [6.45, 7) is -1.43. The monoisotopic (exact) mass is 255 g/mol. The lowest BCUT2D eigenvalue weighted by molar-refractivity contribution is -0.153. The van der Waals surface area contributed by atoms with Gasteiger partial charge in [0.05, 0.1) is 4.90 Å². The fraction of sp³-hybridized carbons (Fsp3) is 0.250. The van der Waals surface area contributed by atoms with Crippen molar-refractivity contribution in [3.63, 3.8) is 0 Å².